The van der Waals surface area contributed by atoms with Crippen LogP contribution < -0.4 is 0 Å². The van der Waals surface area contributed by atoms with Crippen LogP contribution in [0.4, 0.5) is 0 Å². The molecular weight excluding hydrogens is 212 g/mol. The van der Waals surface area contributed by atoms with E-state index >= 15 is 0 Å². The van der Waals surface area contributed by atoms with Crippen molar-refractivity contribution >= 4 is 6.29 Å². The maximum absolute atomic E-state index is 10.9. The van der Waals surface area contributed by atoms with Crippen LogP contribution in [0.3, 0.4) is 0 Å². The lowest BCUT2D eigenvalue weighted by Gasteiger charge is -2.29. The molecule has 0 N–H and O–H groups in total. The molecule has 94 valence electrons. The van der Waals surface area contributed by atoms with Gasteiger partial charge in [-0.3, -0.25) is 4.79 Å². The van der Waals surface area contributed by atoms with Gasteiger partial charge in [0.25, 0.3) is 0 Å². The maximum atomic E-state index is 10.9. The quantitative estimate of drug-likeness (QED) is 0.750. The van der Waals surface area contributed by atoms with Crippen LogP contribution in [-0.2, 0) is 6.54 Å². The summed E-state index contributed by atoms with van der Waals surface area (Å²) in [5, 5.41) is 0. The first-order valence-electron chi connectivity index (χ1n) is 6.42. The summed E-state index contributed by atoms with van der Waals surface area (Å²) >= 11 is 0. The van der Waals surface area contributed by atoms with E-state index in [2.05, 4.69) is 23.4 Å². The molecule has 0 atom stereocenters. The van der Waals surface area contributed by atoms with Crippen molar-refractivity contribution in [1.29, 1.82) is 0 Å². The highest BCUT2D eigenvalue weighted by atomic mass is 16.1. The number of hydrogen-bond acceptors (Lipinski definition) is 2. The minimum absolute atomic E-state index is 0.760. The molecule has 0 radical (unpaired) electrons. The summed E-state index contributed by atoms with van der Waals surface area (Å²) < 4.78 is 2.31. The number of piperidine rings is 1. The third kappa shape index (κ3) is 2.60. The predicted molar refractivity (Wildman–Crippen MR) is 69.5 cm³/mol. The van der Waals surface area contributed by atoms with Crippen LogP contribution in [0.25, 0.3) is 0 Å². The summed E-state index contributed by atoms with van der Waals surface area (Å²) in [4.78, 5) is 13.3. The first-order chi connectivity index (χ1) is 8.11. The summed E-state index contributed by atoms with van der Waals surface area (Å²) in [5.74, 6) is 0.760. The van der Waals surface area contributed by atoms with E-state index in [0.717, 1.165) is 30.0 Å². The van der Waals surface area contributed by atoms with Gasteiger partial charge in [0, 0.05) is 23.5 Å². The van der Waals surface area contributed by atoms with Gasteiger partial charge in [-0.1, -0.05) is 0 Å². The molecule has 3 heteroatoms. The lowest BCUT2D eigenvalue weighted by molar-refractivity contribution is 0.112. The molecule has 2 heterocycles. The summed E-state index contributed by atoms with van der Waals surface area (Å²) in [5.41, 5.74) is 3.18. The van der Waals surface area contributed by atoms with Gasteiger partial charge in [-0.15, -0.1) is 0 Å². The Bertz CT molecular complexity index is 401. The molecule has 1 aliphatic rings. The predicted octanol–water partition coefficient (Wildman–Crippen LogP) is 2.26. The van der Waals surface area contributed by atoms with E-state index in [0.29, 0.717) is 0 Å². The Morgan fingerprint density at radius 2 is 2.00 bits per heavy atom. The third-order valence-electron chi connectivity index (χ3n) is 4.02. The van der Waals surface area contributed by atoms with Gasteiger partial charge in [0.1, 0.15) is 0 Å². The number of nitrogens with zero attached hydrogens (tertiary/aromatic N) is 2. The minimum Gasteiger partial charge on any atom is -0.348 e. The zero-order chi connectivity index (χ0) is 12.4. The van der Waals surface area contributed by atoms with Gasteiger partial charge in [-0.25, -0.2) is 0 Å². The standard InChI is InChI=1S/C14H22N2O/c1-11-8-14(10-17)12(2)16(11)9-13-4-6-15(3)7-5-13/h8,10,13H,4-7,9H2,1-3H3. The molecule has 17 heavy (non-hydrogen) atoms. The van der Waals surface area contributed by atoms with Crippen molar-refractivity contribution in [2.75, 3.05) is 20.1 Å². The van der Waals surface area contributed by atoms with E-state index in [4.69, 9.17) is 0 Å². The molecule has 1 aromatic heterocycles. The molecule has 0 aromatic carbocycles. The number of aldehydes is 1. The fraction of sp³-hybridized carbons (Fsp3) is 0.643. The van der Waals surface area contributed by atoms with Crippen LogP contribution in [0.5, 0.6) is 0 Å². The van der Waals surface area contributed by atoms with Crippen molar-refractivity contribution in [2.24, 2.45) is 5.92 Å². The van der Waals surface area contributed by atoms with Crippen molar-refractivity contribution in [3.8, 4) is 0 Å². The molecule has 0 aliphatic carbocycles. The Balaban J connectivity index is 2.08. The van der Waals surface area contributed by atoms with Crippen LogP contribution in [0.2, 0.25) is 0 Å². The summed E-state index contributed by atoms with van der Waals surface area (Å²) in [6.45, 7) is 7.61. The largest absolute Gasteiger partial charge is 0.348 e. The molecule has 1 aliphatic heterocycles. The zero-order valence-electron chi connectivity index (χ0n) is 11.1. The fourth-order valence-corrected chi connectivity index (χ4v) is 2.73. The fourth-order valence-electron chi connectivity index (χ4n) is 2.73. The maximum Gasteiger partial charge on any atom is 0.151 e. The molecule has 0 amide bonds. The average molecular weight is 234 g/mol. The Kier molecular flexibility index (Phi) is 3.67. The second-order valence-corrected chi connectivity index (χ2v) is 5.30. The van der Waals surface area contributed by atoms with Crippen molar-refractivity contribution in [3.05, 3.63) is 23.0 Å². The number of aryl methyl sites for hydroxylation is 1. The average Bonchev–Trinajstić information content (AvgIpc) is 2.59. The van der Waals surface area contributed by atoms with Crippen molar-refractivity contribution in [3.63, 3.8) is 0 Å². The highest BCUT2D eigenvalue weighted by Crippen LogP contribution is 2.21. The molecule has 2 rings (SSSR count). The molecule has 1 fully saturated rings. The van der Waals surface area contributed by atoms with Crippen molar-refractivity contribution in [2.45, 2.75) is 33.2 Å². The number of carbonyl (C=O) groups excluding carboxylic acids is 1. The molecule has 0 spiro atoms. The van der Waals surface area contributed by atoms with Crippen LogP contribution >= 0.6 is 0 Å². The van der Waals surface area contributed by atoms with E-state index in [-0.39, 0.29) is 0 Å². The number of likely N-dealkylation sites (tertiary alicyclic amines) is 1. The Morgan fingerprint density at radius 1 is 1.35 bits per heavy atom. The zero-order valence-corrected chi connectivity index (χ0v) is 11.1. The number of rotatable bonds is 3. The number of hydrogen-bond donors (Lipinski definition) is 0. The summed E-state index contributed by atoms with van der Waals surface area (Å²) in [7, 11) is 2.19. The number of carbonyl (C=O) groups is 1. The smallest absolute Gasteiger partial charge is 0.151 e. The van der Waals surface area contributed by atoms with Crippen LogP contribution in [-0.4, -0.2) is 35.9 Å². The van der Waals surface area contributed by atoms with Crippen LogP contribution in [0, 0.1) is 19.8 Å². The molecule has 0 bridgehead atoms. The Labute approximate surface area is 103 Å². The van der Waals surface area contributed by atoms with E-state index in [1.54, 1.807) is 0 Å². The molecule has 0 saturated carbocycles. The SMILES string of the molecule is Cc1cc(C=O)c(C)n1CC1CCN(C)CC1. The highest BCUT2D eigenvalue weighted by molar-refractivity contribution is 5.77. The Morgan fingerprint density at radius 3 is 2.53 bits per heavy atom. The van der Waals surface area contributed by atoms with Gasteiger partial charge in [0.05, 0.1) is 0 Å². The second kappa shape index (κ2) is 5.05. The van der Waals surface area contributed by atoms with Crippen LogP contribution in [0.1, 0.15) is 34.6 Å². The first-order valence-corrected chi connectivity index (χ1v) is 6.42. The second-order valence-electron chi connectivity index (χ2n) is 5.30. The molecule has 3 nitrogen and oxygen atoms in total. The van der Waals surface area contributed by atoms with Gasteiger partial charge >= 0.3 is 0 Å². The lowest BCUT2D eigenvalue weighted by atomic mass is 9.97. The van der Waals surface area contributed by atoms with Gasteiger partial charge in [-0.2, -0.15) is 0 Å². The molecular formula is C14H22N2O. The minimum atomic E-state index is 0.760. The van der Waals surface area contributed by atoms with E-state index < -0.39 is 0 Å². The molecule has 0 unspecified atom stereocenters. The van der Waals surface area contributed by atoms with Gasteiger partial charge in [0.2, 0.25) is 0 Å². The molecule has 1 aromatic rings. The summed E-state index contributed by atoms with van der Waals surface area (Å²) in [6.07, 6.45) is 3.50. The van der Waals surface area contributed by atoms with Crippen LogP contribution in [0.15, 0.2) is 6.07 Å². The third-order valence-corrected chi connectivity index (χ3v) is 4.02. The van der Waals surface area contributed by atoms with E-state index in [1.165, 1.54) is 31.6 Å². The Hall–Kier alpha value is -1.09. The highest BCUT2D eigenvalue weighted by Gasteiger charge is 2.19. The van der Waals surface area contributed by atoms with E-state index in [9.17, 15) is 4.79 Å². The normalized spacial score (nSPS) is 18.5. The van der Waals surface area contributed by atoms with Gasteiger partial charge < -0.3 is 9.47 Å². The summed E-state index contributed by atoms with van der Waals surface area (Å²) in [6, 6.07) is 2.00. The van der Waals surface area contributed by atoms with Crippen molar-refractivity contribution in [1.82, 2.24) is 9.47 Å². The monoisotopic (exact) mass is 234 g/mol. The topological polar surface area (TPSA) is 25.2 Å². The molecule has 1 saturated heterocycles. The van der Waals surface area contributed by atoms with Gasteiger partial charge in [0.15, 0.2) is 6.29 Å². The first kappa shape index (κ1) is 12.4. The van der Waals surface area contributed by atoms with Crippen molar-refractivity contribution < 1.29 is 4.79 Å². The number of aromatic nitrogens is 1. The van der Waals surface area contributed by atoms with E-state index in [1.807, 2.05) is 13.0 Å². The van der Waals surface area contributed by atoms with Gasteiger partial charge in [-0.05, 0) is 58.8 Å². The lowest BCUT2D eigenvalue weighted by Crippen LogP contribution is -2.32.